The van der Waals surface area contributed by atoms with E-state index in [0.717, 1.165) is 0 Å². The van der Waals surface area contributed by atoms with E-state index in [1.807, 2.05) is 0 Å². The van der Waals surface area contributed by atoms with Crippen LogP contribution in [0.3, 0.4) is 0 Å². The van der Waals surface area contributed by atoms with Crippen LogP contribution in [0.15, 0.2) is 0 Å². The van der Waals surface area contributed by atoms with Crippen molar-refractivity contribution in [3.63, 3.8) is 0 Å². The van der Waals surface area contributed by atoms with Crippen molar-refractivity contribution in [1.82, 2.24) is 0 Å². The molecule has 58 valence electrons. The molecule has 0 aliphatic carbocycles. The zero-order chi connectivity index (χ0) is 7.98. The molecule has 0 aliphatic heterocycles. The van der Waals surface area contributed by atoms with Gasteiger partial charge in [-0.15, -0.1) is 0 Å². The van der Waals surface area contributed by atoms with E-state index in [-0.39, 0.29) is 6.32 Å². The lowest BCUT2D eigenvalue weighted by Gasteiger charge is -2.01. The third-order valence-electron chi connectivity index (χ3n) is 1.17. The maximum absolute atomic E-state index is 9.93. The van der Waals surface area contributed by atoms with Crippen LogP contribution in [0.4, 0.5) is 0 Å². The molecule has 0 aromatic rings. The molecule has 0 radical (unpaired) electrons. The topological polar surface area (TPSA) is 83.6 Å². The van der Waals surface area contributed by atoms with Gasteiger partial charge in [-0.2, -0.15) is 0 Å². The quantitative estimate of drug-likeness (QED) is 0.334. The Labute approximate surface area is 60.2 Å². The second-order valence-corrected chi connectivity index (χ2v) is 2.21. The monoisotopic (exact) mass is 145 g/mol. The highest BCUT2D eigenvalue weighted by atomic mass is 16.4. The fourth-order valence-corrected chi connectivity index (χ4v) is 0.604. The standard InChI is InChI=1S/C5H12BNO3/c7-5(4-8)2-1-3-6(9)10/h4-5,9-10H,1-3,7H2/t5-/m0/s1. The van der Waals surface area contributed by atoms with Crippen LogP contribution in [0.2, 0.25) is 6.32 Å². The summed E-state index contributed by atoms with van der Waals surface area (Å²) in [4.78, 5) is 9.93. The van der Waals surface area contributed by atoms with Gasteiger partial charge in [0, 0.05) is 0 Å². The Morgan fingerprint density at radius 1 is 1.60 bits per heavy atom. The first kappa shape index (κ1) is 9.61. The van der Waals surface area contributed by atoms with E-state index in [4.69, 9.17) is 15.8 Å². The average molecular weight is 145 g/mol. The van der Waals surface area contributed by atoms with Gasteiger partial charge in [0.2, 0.25) is 0 Å². The van der Waals surface area contributed by atoms with Gasteiger partial charge in [-0.25, -0.2) is 0 Å². The number of carbonyl (C=O) groups is 1. The summed E-state index contributed by atoms with van der Waals surface area (Å²) < 4.78 is 0. The molecule has 0 aromatic carbocycles. The summed E-state index contributed by atoms with van der Waals surface area (Å²) in [5.74, 6) is 0. The lowest BCUT2D eigenvalue weighted by Crippen LogP contribution is -2.22. The Balaban J connectivity index is 3.11. The summed E-state index contributed by atoms with van der Waals surface area (Å²) in [7, 11) is -1.28. The second kappa shape index (κ2) is 5.40. The highest BCUT2D eigenvalue weighted by Gasteiger charge is 2.07. The van der Waals surface area contributed by atoms with Crippen LogP contribution in [0, 0.1) is 0 Å². The lowest BCUT2D eigenvalue weighted by atomic mass is 9.83. The van der Waals surface area contributed by atoms with E-state index in [2.05, 4.69) is 0 Å². The number of hydrogen-bond donors (Lipinski definition) is 3. The van der Waals surface area contributed by atoms with Gasteiger partial charge in [-0.05, 0) is 12.7 Å². The number of hydrogen-bond acceptors (Lipinski definition) is 4. The zero-order valence-electron chi connectivity index (χ0n) is 5.73. The second-order valence-electron chi connectivity index (χ2n) is 2.21. The fourth-order valence-electron chi connectivity index (χ4n) is 0.604. The molecule has 0 saturated carbocycles. The summed E-state index contributed by atoms with van der Waals surface area (Å²) in [5, 5.41) is 16.7. The van der Waals surface area contributed by atoms with Crippen molar-refractivity contribution in [2.24, 2.45) is 5.73 Å². The maximum Gasteiger partial charge on any atom is 0.451 e. The molecule has 4 nitrogen and oxygen atoms in total. The third kappa shape index (κ3) is 5.75. The van der Waals surface area contributed by atoms with E-state index in [1.54, 1.807) is 0 Å². The van der Waals surface area contributed by atoms with Crippen LogP contribution in [0.5, 0.6) is 0 Å². The number of aldehydes is 1. The average Bonchev–Trinajstić information content (AvgIpc) is 1.87. The van der Waals surface area contributed by atoms with Crippen LogP contribution in [-0.2, 0) is 4.79 Å². The van der Waals surface area contributed by atoms with Crippen molar-refractivity contribution in [3.8, 4) is 0 Å². The van der Waals surface area contributed by atoms with E-state index in [9.17, 15) is 4.79 Å². The summed E-state index contributed by atoms with van der Waals surface area (Å²) >= 11 is 0. The van der Waals surface area contributed by atoms with E-state index < -0.39 is 13.2 Å². The molecule has 1 atom stereocenters. The molecule has 0 fully saturated rings. The number of nitrogens with two attached hydrogens (primary N) is 1. The molecule has 0 unspecified atom stereocenters. The smallest absolute Gasteiger partial charge is 0.427 e. The molecule has 0 rings (SSSR count). The van der Waals surface area contributed by atoms with Crippen LogP contribution in [0.25, 0.3) is 0 Å². The first-order valence-corrected chi connectivity index (χ1v) is 3.24. The highest BCUT2D eigenvalue weighted by Crippen LogP contribution is 1.98. The van der Waals surface area contributed by atoms with Gasteiger partial charge in [0.05, 0.1) is 6.04 Å². The van der Waals surface area contributed by atoms with Gasteiger partial charge in [0.15, 0.2) is 0 Å². The molecule has 0 aromatic heterocycles. The molecule has 0 saturated heterocycles. The molecule has 10 heavy (non-hydrogen) atoms. The molecule has 4 N–H and O–H groups in total. The molecule has 0 bridgehead atoms. The van der Waals surface area contributed by atoms with Crippen LogP contribution < -0.4 is 5.73 Å². The minimum Gasteiger partial charge on any atom is -0.427 e. The Hall–Kier alpha value is -0.385. The summed E-state index contributed by atoms with van der Waals surface area (Å²) in [6.45, 7) is 0. The predicted molar refractivity (Wildman–Crippen MR) is 38.3 cm³/mol. The van der Waals surface area contributed by atoms with Crippen LogP contribution >= 0.6 is 0 Å². The molecule has 0 spiro atoms. The first-order chi connectivity index (χ1) is 4.66. The van der Waals surface area contributed by atoms with E-state index in [1.165, 1.54) is 0 Å². The van der Waals surface area contributed by atoms with Gasteiger partial charge in [0.1, 0.15) is 6.29 Å². The Morgan fingerprint density at radius 3 is 2.60 bits per heavy atom. The van der Waals surface area contributed by atoms with Crippen molar-refractivity contribution >= 4 is 13.4 Å². The SMILES string of the molecule is N[C@H](C=O)CCCB(O)O. The Kier molecular flexibility index (Phi) is 5.20. The van der Waals surface area contributed by atoms with Gasteiger partial charge < -0.3 is 20.6 Å². The summed E-state index contributed by atoms with van der Waals surface area (Å²) in [6, 6.07) is -0.459. The maximum atomic E-state index is 9.93. The van der Waals surface area contributed by atoms with Crippen LogP contribution in [-0.4, -0.2) is 29.5 Å². The van der Waals surface area contributed by atoms with Gasteiger partial charge >= 0.3 is 7.12 Å². The first-order valence-electron chi connectivity index (χ1n) is 3.24. The van der Waals surface area contributed by atoms with Crippen molar-refractivity contribution in [2.45, 2.75) is 25.2 Å². The molecular weight excluding hydrogens is 133 g/mol. The molecule has 0 heterocycles. The van der Waals surface area contributed by atoms with Crippen molar-refractivity contribution in [2.75, 3.05) is 0 Å². The lowest BCUT2D eigenvalue weighted by molar-refractivity contribution is -0.109. The minimum atomic E-state index is -1.28. The van der Waals surface area contributed by atoms with Gasteiger partial charge in [-0.1, -0.05) is 6.42 Å². The van der Waals surface area contributed by atoms with Crippen molar-refractivity contribution in [1.29, 1.82) is 0 Å². The van der Waals surface area contributed by atoms with Gasteiger partial charge in [0.25, 0.3) is 0 Å². The Morgan fingerprint density at radius 2 is 2.20 bits per heavy atom. The zero-order valence-corrected chi connectivity index (χ0v) is 5.73. The van der Waals surface area contributed by atoms with Crippen molar-refractivity contribution < 1.29 is 14.8 Å². The number of rotatable bonds is 5. The van der Waals surface area contributed by atoms with E-state index in [0.29, 0.717) is 19.1 Å². The fraction of sp³-hybridized carbons (Fsp3) is 0.800. The van der Waals surface area contributed by atoms with Gasteiger partial charge in [-0.3, -0.25) is 0 Å². The largest absolute Gasteiger partial charge is 0.451 e. The molecule has 0 amide bonds. The predicted octanol–water partition coefficient (Wildman–Crippen LogP) is -1.23. The molecule has 0 aliphatic rings. The van der Waals surface area contributed by atoms with Crippen LogP contribution in [0.1, 0.15) is 12.8 Å². The Bertz CT molecular complexity index is 98.9. The summed E-state index contributed by atoms with van der Waals surface area (Å²) in [6.07, 6.45) is 2.02. The minimum absolute atomic E-state index is 0.279. The summed E-state index contributed by atoms with van der Waals surface area (Å²) in [5.41, 5.74) is 5.23. The van der Waals surface area contributed by atoms with E-state index >= 15 is 0 Å². The number of carbonyl (C=O) groups excluding carboxylic acids is 1. The normalized spacial score (nSPS) is 12.7. The van der Waals surface area contributed by atoms with Crippen molar-refractivity contribution in [3.05, 3.63) is 0 Å². The molecule has 5 heteroatoms. The highest BCUT2D eigenvalue weighted by molar-refractivity contribution is 6.40. The molecular formula is C5H12BNO3. The third-order valence-corrected chi connectivity index (χ3v) is 1.17.